The number of aromatic carboxylic acids is 1. The van der Waals surface area contributed by atoms with Crippen molar-refractivity contribution in [2.75, 3.05) is 7.05 Å². The van der Waals surface area contributed by atoms with Gasteiger partial charge in [-0.2, -0.15) is 0 Å². The number of aromatic nitrogens is 3. The molecule has 0 saturated carbocycles. The van der Waals surface area contributed by atoms with E-state index < -0.39 is 5.97 Å². The van der Waals surface area contributed by atoms with Gasteiger partial charge in [-0.25, -0.2) is 14.8 Å². The molecule has 0 spiro atoms. The van der Waals surface area contributed by atoms with Crippen LogP contribution < -0.4 is 0 Å². The van der Waals surface area contributed by atoms with Gasteiger partial charge in [-0.05, 0) is 26.1 Å². The normalized spacial score (nSPS) is 10.9. The molecule has 0 saturated heterocycles. The van der Waals surface area contributed by atoms with Crippen molar-refractivity contribution in [2.24, 2.45) is 0 Å². The van der Waals surface area contributed by atoms with E-state index in [9.17, 15) is 4.79 Å². The Labute approximate surface area is 111 Å². The summed E-state index contributed by atoms with van der Waals surface area (Å²) in [5.41, 5.74) is 1.82. The zero-order chi connectivity index (χ0) is 13.8. The Bertz CT molecular complexity index is 580. The molecule has 2 aromatic rings. The highest BCUT2D eigenvalue weighted by Crippen LogP contribution is 2.06. The molecule has 19 heavy (non-hydrogen) atoms. The monoisotopic (exact) mass is 260 g/mol. The van der Waals surface area contributed by atoms with E-state index in [0.717, 1.165) is 17.2 Å². The fourth-order valence-corrected chi connectivity index (χ4v) is 1.82. The minimum absolute atomic E-state index is 0.0692. The summed E-state index contributed by atoms with van der Waals surface area (Å²) in [6.07, 6.45) is 1.78. The molecular weight excluding hydrogens is 244 g/mol. The molecule has 0 aromatic carbocycles. The molecule has 0 radical (unpaired) electrons. The summed E-state index contributed by atoms with van der Waals surface area (Å²) in [6, 6.07) is 5.01. The van der Waals surface area contributed by atoms with Crippen LogP contribution in [0.25, 0.3) is 0 Å². The number of hydrogen-bond acceptors (Lipinski definition) is 4. The van der Waals surface area contributed by atoms with E-state index in [0.29, 0.717) is 13.1 Å². The Kier molecular flexibility index (Phi) is 3.91. The van der Waals surface area contributed by atoms with E-state index >= 15 is 0 Å². The van der Waals surface area contributed by atoms with Gasteiger partial charge in [-0.15, -0.1) is 0 Å². The van der Waals surface area contributed by atoms with Gasteiger partial charge >= 0.3 is 5.97 Å². The van der Waals surface area contributed by atoms with Gasteiger partial charge in [0.15, 0.2) is 0 Å². The largest absolute Gasteiger partial charge is 0.477 e. The number of carboxylic acid groups (broad SMARTS) is 1. The van der Waals surface area contributed by atoms with Crippen LogP contribution in [-0.4, -0.2) is 38.0 Å². The van der Waals surface area contributed by atoms with Gasteiger partial charge in [0.2, 0.25) is 0 Å². The van der Waals surface area contributed by atoms with E-state index in [2.05, 4.69) is 15.0 Å². The molecule has 2 heterocycles. The SMILES string of the molecule is Cc1cnc(CN(C)Cc2cccc(C(=O)O)n2)[nH]1. The molecule has 0 fully saturated rings. The lowest BCUT2D eigenvalue weighted by molar-refractivity contribution is 0.0690. The van der Waals surface area contributed by atoms with Gasteiger partial charge < -0.3 is 10.1 Å². The van der Waals surface area contributed by atoms with Crippen molar-refractivity contribution in [3.05, 3.63) is 47.3 Å². The number of carbonyl (C=O) groups is 1. The first-order valence-electron chi connectivity index (χ1n) is 5.93. The summed E-state index contributed by atoms with van der Waals surface area (Å²) in [4.78, 5) is 24.3. The van der Waals surface area contributed by atoms with E-state index in [1.54, 1.807) is 12.3 Å². The van der Waals surface area contributed by atoms with Crippen LogP contribution in [0.1, 0.15) is 27.7 Å². The number of H-pyrrole nitrogens is 1. The van der Waals surface area contributed by atoms with Crippen LogP contribution in [0.2, 0.25) is 0 Å². The number of rotatable bonds is 5. The van der Waals surface area contributed by atoms with Crippen LogP contribution in [0.15, 0.2) is 24.4 Å². The Morgan fingerprint density at radius 3 is 2.84 bits per heavy atom. The van der Waals surface area contributed by atoms with Gasteiger partial charge in [0.25, 0.3) is 0 Å². The summed E-state index contributed by atoms with van der Waals surface area (Å²) >= 11 is 0. The zero-order valence-corrected chi connectivity index (χ0v) is 10.9. The predicted molar refractivity (Wildman–Crippen MR) is 69.7 cm³/mol. The first-order chi connectivity index (χ1) is 9.04. The van der Waals surface area contributed by atoms with E-state index in [-0.39, 0.29) is 5.69 Å². The van der Waals surface area contributed by atoms with Crippen LogP contribution in [0.3, 0.4) is 0 Å². The molecule has 2 rings (SSSR count). The number of aryl methyl sites for hydroxylation is 1. The molecule has 0 aliphatic rings. The van der Waals surface area contributed by atoms with Crippen molar-refractivity contribution >= 4 is 5.97 Å². The highest BCUT2D eigenvalue weighted by atomic mass is 16.4. The minimum atomic E-state index is -1.01. The second-order valence-corrected chi connectivity index (χ2v) is 4.50. The number of aromatic amines is 1. The maximum atomic E-state index is 10.8. The second kappa shape index (κ2) is 5.62. The molecule has 100 valence electrons. The van der Waals surface area contributed by atoms with Gasteiger partial charge in [0.05, 0.1) is 12.2 Å². The summed E-state index contributed by atoms with van der Waals surface area (Å²) < 4.78 is 0. The molecule has 0 aliphatic carbocycles. The van der Waals surface area contributed by atoms with Crippen LogP contribution in [0, 0.1) is 6.92 Å². The zero-order valence-electron chi connectivity index (χ0n) is 10.9. The lowest BCUT2D eigenvalue weighted by Gasteiger charge is -2.14. The molecule has 0 atom stereocenters. The van der Waals surface area contributed by atoms with Gasteiger partial charge in [-0.1, -0.05) is 6.07 Å². The van der Waals surface area contributed by atoms with E-state index in [4.69, 9.17) is 5.11 Å². The molecule has 6 heteroatoms. The molecule has 0 bridgehead atoms. The third-order valence-corrected chi connectivity index (χ3v) is 2.63. The van der Waals surface area contributed by atoms with Crippen LogP contribution in [0.4, 0.5) is 0 Å². The maximum Gasteiger partial charge on any atom is 0.354 e. The number of imidazole rings is 1. The fourth-order valence-electron chi connectivity index (χ4n) is 1.82. The standard InChI is InChI=1S/C13H16N4O2/c1-9-6-14-12(15-9)8-17(2)7-10-4-3-5-11(16-10)13(18)19/h3-6H,7-8H2,1-2H3,(H,14,15)(H,18,19). The third kappa shape index (κ3) is 3.62. The topological polar surface area (TPSA) is 82.1 Å². The molecular formula is C13H16N4O2. The Hall–Kier alpha value is -2.21. The summed E-state index contributed by atoms with van der Waals surface area (Å²) in [5, 5.41) is 8.89. The van der Waals surface area contributed by atoms with Crippen molar-refractivity contribution in [3.63, 3.8) is 0 Å². The van der Waals surface area contributed by atoms with E-state index in [1.807, 2.05) is 24.9 Å². The molecule has 0 unspecified atom stereocenters. The summed E-state index contributed by atoms with van der Waals surface area (Å²) in [5.74, 6) is -0.124. The predicted octanol–water partition coefficient (Wildman–Crippen LogP) is 1.44. The van der Waals surface area contributed by atoms with Crippen LogP contribution in [-0.2, 0) is 13.1 Å². The smallest absolute Gasteiger partial charge is 0.354 e. The third-order valence-electron chi connectivity index (χ3n) is 2.63. The van der Waals surface area contributed by atoms with E-state index in [1.165, 1.54) is 6.07 Å². The fraction of sp³-hybridized carbons (Fsp3) is 0.308. The summed E-state index contributed by atoms with van der Waals surface area (Å²) in [6.45, 7) is 3.18. The van der Waals surface area contributed by atoms with Crippen LogP contribution >= 0.6 is 0 Å². The number of hydrogen-bond donors (Lipinski definition) is 2. The molecule has 6 nitrogen and oxygen atoms in total. The molecule has 2 aromatic heterocycles. The van der Waals surface area contributed by atoms with Gasteiger partial charge in [0.1, 0.15) is 11.5 Å². The average Bonchev–Trinajstić information content (AvgIpc) is 2.74. The quantitative estimate of drug-likeness (QED) is 0.850. The Balaban J connectivity index is 2.00. The van der Waals surface area contributed by atoms with Gasteiger partial charge in [-0.3, -0.25) is 4.90 Å². The van der Waals surface area contributed by atoms with Crippen molar-refractivity contribution < 1.29 is 9.90 Å². The summed E-state index contributed by atoms with van der Waals surface area (Å²) in [7, 11) is 1.94. The number of nitrogens with zero attached hydrogens (tertiary/aromatic N) is 3. The Morgan fingerprint density at radius 1 is 1.42 bits per heavy atom. The average molecular weight is 260 g/mol. The Morgan fingerprint density at radius 2 is 2.21 bits per heavy atom. The van der Waals surface area contributed by atoms with Crippen molar-refractivity contribution in [3.8, 4) is 0 Å². The van der Waals surface area contributed by atoms with Crippen molar-refractivity contribution in [1.29, 1.82) is 0 Å². The first kappa shape index (κ1) is 13.2. The molecule has 2 N–H and O–H groups in total. The lowest BCUT2D eigenvalue weighted by atomic mass is 10.3. The lowest BCUT2D eigenvalue weighted by Crippen LogP contribution is -2.19. The number of carboxylic acids is 1. The van der Waals surface area contributed by atoms with Crippen LogP contribution in [0.5, 0.6) is 0 Å². The maximum absolute atomic E-state index is 10.8. The van der Waals surface area contributed by atoms with Crippen molar-refractivity contribution in [1.82, 2.24) is 19.9 Å². The minimum Gasteiger partial charge on any atom is -0.477 e. The molecule has 0 aliphatic heterocycles. The molecule has 0 amide bonds. The first-order valence-corrected chi connectivity index (χ1v) is 5.93. The van der Waals surface area contributed by atoms with Crippen molar-refractivity contribution in [2.45, 2.75) is 20.0 Å². The second-order valence-electron chi connectivity index (χ2n) is 4.50. The number of pyridine rings is 1. The van der Waals surface area contributed by atoms with Gasteiger partial charge in [0, 0.05) is 18.4 Å². The highest BCUT2D eigenvalue weighted by molar-refractivity contribution is 5.85. The highest BCUT2D eigenvalue weighted by Gasteiger charge is 2.08. The number of nitrogens with one attached hydrogen (secondary N) is 1.